The first kappa shape index (κ1) is 13.3. The molecule has 0 radical (unpaired) electrons. The van der Waals surface area contributed by atoms with Crippen LogP contribution in [0.4, 0.5) is 15.8 Å². The highest BCUT2D eigenvalue weighted by molar-refractivity contribution is 6.09. The summed E-state index contributed by atoms with van der Waals surface area (Å²) in [6.45, 7) is 1.57. The number of nitrogens with one attached hydrogen (secondary N) is 1. The molecule has 22 heavy (non-hydrogen) atoms. The van der Waals surface area contributed by atoms with Gasteiger partial charge in [-0.15, -0.1) is 0 Å². The van der Waals surface area contributed by atoms with E-state index >= 15 is 0 Å². The minimum absolute atomic E-state index is 0.0232. The SMILES string of the molecule is O=C(c1cccc2c1CCCN2)N1CCc2ccc(F)cc21. The number of halogens is 1. The largest absolute Gasteiger partial charge is 0.385 e. The van der Waals surface area contributed by atoms with Gasteiger partial charge in [0.15, 0.2) is 0 Å². The van der Waals surface area contributed by atoms with Crippen molar-refractivity contribution in [3.8, 4) is 0 Å². The lowest BCUT2D eigenvalue weighted by molar-refractivity contribution is 0.0988. The minimum Gasteiger partial charge on any atom is -0.385 e. The summed E-state index contributed by atoms with van der Waals surface area (Å²) in [5.74, 6) is -0.319. The van der Waals surface area contributed by atoms with Crippen molar-refractivity contribution in [1.82, 2.24) is 0 Å². The first-order valence-electron chi connectivity index (χ1n) is 7.70. The quantitative estimate of drug-likeness (QED) is 0.875. The Morgan fingerprint density at radius 1 is 1.18 bits per heavy atom. The number of fused-ring (bicyclic) bond motifs is 2. The van der Waals surface area contributed by atoms with Crippen LogP contribution in [0.25, 0.3) is 0 Å². The number of carbonyl (C=O) groups is 1. The van der Waals surface area contributed by atoms with Crippen LogP contribution in [0, 0.1) is 5.82 Å². The van der Waals surface area contributed by atoms with Crippen molar-refractivity contribution in [3.63, 3.8) is 0 Å². The molecule has 0 aromatic heterocycles. The number of amides is 1. The molecule has 0 unspecified atom stereocenters. The summed E-state index contributed by atoms with van der Waals surface area (Å²) >= 11 is 0. The molecule has 4 rings (SSSR count). The zero-order valence-electron chi connectivity index (χ0n) is 12.2. The van der Waals surface area contributed by atoms with Crippen LogP contribution in [0.2, 0.25) is 0 Å². The second kappa shape index (κ2) is 5.13. The van der Waals surface area contributed by atoms with Crippen LogP contribution in [0.15, 0.2) is 36.4 Å². The van der Waals surface area contributed by atoms with E-state index in [4.69, 9.17) is 0 Å². The van der Waals surface area contributed by atoms with Gasteiger partial charge in [-0.3, -0.25) is 4.79 Å². The molecule has 1 N–H and O–H groups in total. The Labute approximate surface area is 128 Å². The Balaban J connectivity index is 1.74. The fourth-order valence-electron chi connectivity index (χ4n) is 3.42. The summed E-state index contributed by atoms with van der Waals surface area (Å²) in [7, 11) is 0. The number of hydrogen-bond donors (Lipinski definition) is 1. The zero-order chi connectivity index (χ0) is 15.1. The molecule has 2 aliphatic rings. The molecule has 3 nitrogen and oxygen atoms in total. The van der Waals surface area contributed by atoms with Gasteiger partial charge in [-0.1, -0.05) is 12.1 Å². The van der Waals surface area contributed by atoms with E-state index in [-0.39, 0.29) is 11.7 Å². The van der Waals surface area contributed by atoms with Crippen LogP contribution in [0.3, 0.4) is 0 Å². The van der Waals surface area contributed by atoms with Crippen LogP contribution >= 0.6 is 0 Å². The summed E-state index contributed by atoms with van der Waals surface area (Å²) in [6, 6.07) is 10.5. The van der Waals surface area contributed by atoms with Crippen LogP contribution in [-0.2, 0) is 12.8 Å². The topological polar surface area (TPSA) is 32.3 Å². The second-order valence-electron chi connectivity index (χ2n) is 5.84. The summed E-state index contributed by atoms with van der Waals surface area (Å²) in [5.41, 5.74) is 4.63. The summed E-state index contributed by atoms with van der Waals surface area (Å²) in [4.78, 5) is 14.7. The van der Waals surface area contributed by atoms with Gasteiger partial charge in [0.1, 0.15) is 5.82 Å². The maximum Gasteiger partial charge on any atom is 0.258 e. The maximum absolute atomic E-state index is 13.5. The van der Waals surface area contributed by atoms with Gasteiger partial charge >= 0.3 is 0 Å². The van der Waals surface area contributed by atoms with Crippen molar-refractivity contribution >= 4 is 17.3 Å². The molecule has 0 spiro atoms. The minimum atomic E-state index is -0.296. The van der Waals surface area contributed by atoms with Gasteiger partial charge in [0.2, 0.25) is 0 Å². The number of rotatable bonds is 1. The third kappa shape index (κ3) is 2.06. The molecular weight excluding hydrogens is 279 g/mol. The van der Waals surface area contributed by atoms with Crippen LogP contribution in [0.5, 0.6) is 0 Å². The standard InChI is InChI=1S/C18H17FN2O/c19-13-7-6-12-8-10-21(17(12)11-13)18(22)15-3-1-5-16-14(15)4-2-9-20-16/h1,3,5-7,11,20H,2,4,8-10H2. The van der Waals surface area contributed by atoms with Crippen molar-refractivity contribution < 1.29 is 9.18 Å². The fourth-order valence-corrected chi connectivity index (χ4v) is 3.42. The van der Waals surface area contributed by atoms with Gasteiger partial charge in [-0.05, 0) is 54.7 Å². The molecule has 0 saturated carbocycles. The molecule has 2 aromatic rings. The van der Waals surface area contributed by atoms with Gasteiger partial charge in [0, 0.05) is 24.3 Å². The fraction of sp³-hybridized carbons (Fsp3) is 0.278. The zero-order valence-corrected chi connectivity index (χ0v) is 12.2. The highest BCUT2D eigenvalue weighted by atomic mass is 19.1. The van der Waals surface area contributed by atoms with Crippen LogP contribution in [0.1, 0.15) is 27.9 Å². The number of hydrogen-bond acceptors (Lipinski definition) is 2. The molecule has 2 aromatic carbocycles. The molecule has 0 aliphatic carbocycles. The van der Waals surface area contributed by atoms with E-state index in [2.05, 4.69) is 5.32 Å². The highest BCUT2D eigenvalue weighted by Crippen LogP contribution is 2.32. The molecule has 0 atom stereocenters. The third-order valence-electron chi connectivity index (χ3n) is 4.51. The average Bonchev–Trinajstić information content (AvgIpc) is 2.96. The van der Waals surface area contributed by atoms with Crippen LogP contribution in [-0.4, -0.2) is 19.0 Å². The number of benzene rings is 2. The lowest BCUT2D eigenvalue weighted by Gasteiger charge is -2.24. The lowest BCUT2D eigenvalue weighted by Crippen LogP contribution is -2.30. The highest BCUT2D eigenvalue weighted by Gasteiger charge is 2.28. The van der Waals surface area contributed by atoms with E-state index in [0.29, 0.717) is 12.2 Å². The smallest absolute Gasteiger partial charge is 0.258 e. The Morgan fingerprint density at radius 2 is 2.09 bits per heavy atom. The third-order valence-corrected chi connectivity index (χ3v) is 4.51. The van der Waals surface area contributed by atoms with Crippen molar-refractivity contribution in [2.24, 2.45) is 0 Å². The summed E-state index contributed by atoms with van der Waals surface area (Å²) in [5, 5.41) is 3.35. The molecule has 2 aliphatic heterocycles. The Hall–Kier alpha value is -2.36. The first-order chi connectivity index (χ1) is 10.7. The average molecular weight is 296 g/mol. The van der Waals surface area contributed by atoms with Crippen molar-refractivity contribution in [2.45, 2.75) is 19.3 Å². The van der Waals surface area contributed by atoms with Gasteiger partial charge in [0.25, 0.3) is 5.91 Å². The normalized spacial score (nSPS) is 16.0. The van der Waals surface area contributed by atoms with E-state index in [1.54, 1.807) is 11.0 Å². The number of carbonyl (C=O) groups excluding carboxylic acids is 1. The summed E-state index contributed by atoms with van der Waals surface area (Å²) < 4.78 is 13.5. The van der Waals surface area contributed by atoms with Gasteiger partial charge < -0.3 is 10.2 Å². The van der Waals surface area contributed by atoms with Crippen molar-refractivity contribution in [3.05, 3.63) is 58.9 Å². The van der Waals surface area contributed by atoms with E-state index in [9.17, 15) is 9.18 Å². The van der Waals surface area contributed by atoms with E-state index in [1.807, 2.05) is 18.2 Å². The van der Waals surface area contributed by atoms with E-state index < -0.39 is 0 Å². The van der Waals surface area contributed by atoms with Crippen molar-refractivity contribution in [1.29, 1.82) is 0 Å². The predicted octanol–water partition coefficient (Wildman–Crippen LogP) is 3.39. The molecule has 1 amide bonds. The summed E-state index contributed by atoms with van der Waals surface area (Å²) in [6.07, 6.45) is 2.73. The maximum atomic E-state index is 13.5. The first-order valence-corrected chi connectivity index (χ1v) is 7.70. The second-order valence-corrected chi connectivity index (χ2v) is 5.84. The Morgan fingerprint density at radius 3 is 3.00 bits per heavy atom. The van der Waals surface area contributed by atoms with Gasteiger partial charge in [-0.2, -0.15) is 0 Å². The molecular formula is C18H17FN2O. The van der Waals surface area contributed by atoms with Crippen LogP contribution < -0.4 is 10.2 Å². The van der Waals surface area contributed by atoms with E-state index in [1.165, 1.54) is 12.1 Å². The Kier molecular flexibility index (Phi) is 3.10. The molecule has 0 saturated heterocycles. The predicted molar refractivity (Wildman–Crippen MR) is 85.0 cm³/mol. The molecule has 4 heteroatoms. The van der Waals surface area contributed by atoms with Gasteiger partial charge in [-0.25, -0.2) is 4.39 Å². The number of anilines is 2. The molecule has 112 valence electrons. The molecule has 2 heterocycles. The van der Waals surface area contributed by atoms with Gasteiger partial charge in [0.05, 0.1) is 5.69 Å². The Bertz CT molecular complexity index is 757. The molecule has 0 bridgehead atoms. The lowest BCUT2D eigenvalue weighted by atomic mass is 9.97. The monoisotopic (exact) mass is 296 g/mol. The van der Waals surface area contributed by atoms with E-state index in [0.717, 1.165) is 48.2 Å². The van der Waals surface area contributed by atoms with Crippen molar-refractivity contribution in [2.75, 3.05) is 23.3 Å². The number of nitrogens with zero attached hydrogens (tertiary/aromatic N) is 1. The molecule has 0 fully saturated rings.